The lowest BCUT2D eigenvalue weighted by Gasteiger charge is -2.33. The van der Waals surface area contributed by atoms with Crippen LogP contribution in [-0.4, -0.2) is 74.2 Å². The number of likely N-dealkylation sites (N-methyl/N-ethyl adjacent to an activating group) is 1. The first-order chi connectivity index (χ1) is 9.69. The second-order valence-electron chi connectivity index (χ2n) is 5.49. The Morgan fingerprint density at radius 1 is 1.10 bits per heavy atom. The number of piperazine rings is 1. The van der Waals surface area contributed by atoms with Crippen LogP contribution in [0.1, 0.15) is 34.1 Å². The molecule has 1 atom stereocenters. The van der Waals surface area contributed by atoms with Gasteiger partial charge in [0.15, 0.2) is 5.96 Å². The predicted octanol–water partition coefficient (Wildman–Crippen LogP) is 1.60. The minimum Gasteiger partial charge on any atom is -0.357 e. The molecule has 21 heavy (non-hydrogen) atoms. The molecule has 1 saturated heterocycles. The lowest BCUT2D eigenvalue weighted by atomic mass is 10.3. The van der Waals surface area contributed by atoms with Gasteiger partial charge < -0.3 is 15.5 Å². The molecule has 0 spiro atoms. The van der Waals surface area contributed by atoms with Crippen LogP contribution in [0.5, 0.6) is 0 Å². The first-order valence-corrected chi connectivity index (χ1v) is 8.19. The second-order valence-corrected chi connectivity index (χ2v) is 5.49. The average molecular weight is 411 g/mol. The van der Waals surface area contributed by atoms with Gasteiger partial charge in [0.05, 0.1) is 6.54 Å². The maximum absolute atomic E-state index is 4.67. The Kier molecular flexibility index (Phi) is 12.4. The molecule has 5 nitrogen and oxygen atoms in total. The van der Waals surface area contributed by atoms with Gasteiger partial charge in [-0.15, -0.1) is 24.0 Å². The zero-order valence-electron chi connectivity index (χ0n) is 14.2. The van der Waals surface area contributed by atoms with Crippen LogP contribution in [0.3, 0.4) is 0 Å². The van der Waals surface area contributed by atoms with Gasteiger partial charge in [-0.25, -0.2) is 0 Å². The van der Waals surface area contributed by atoms with Crippen molar-refractivity contribution < 1.29 is 0 Å². The Bertz CT molecular complexity index is 277. The fraction of sp³-hybridized carbons (Fsp3) is 0.933. The summed E-state index contributed by atoms with van der Waals surface area (Å²) < 4.78 is 0. The number of nitrogens with zero attached hydrogens (tertiary/aromatic N) is 3. The van der Waals surface area contributed by atoms with Gasteiger partial charge in [0.1, 0.15) is 0 Å². The summed E-state index contributed by atoms with van der Waals surface area (Å²) in [5.74, 6) is 0.953. The Labute approximate surface area is 148 Å². The van der Waals surface area contributed by atoms with Crippen LogP contribution < -0.4 is 10.6 Å². The molecule has 6 heteroatoms. The van der Waals surface area contributed by atoms with E-state index in [4.69, 9.17) is 0 Å². The zero-order valence-corrected chi connectivity index (χ0v) is 16.5. The molecule has 1 heterocycles. The fourth-order valence-corrected chi connectivity index (χ4v) is 2.29. The van der Waals surface area contributed by atoms with Gasteiger partial charge in [-0.2, -0.15) is 0 Å². The molecule has 0 aromatic rings. The van der Waals surface area contributed by atoms with Crippen LogP contribution in [0.25, 0.3) is 0 Å². The monoisotopic (exact) mass is 411 g/mol. The number of aliphatic imine (C=N–C) groups is 1. The maximum atomic E-state index is 4.67. The molecule has 126 valence electrons. The van der Waals surface area contributed by atoms with Gasteiger partial charge in [0.25, 0.3) is 0 Å². The molecule has 1 aliphatic rings. The van der Waals surface area contributed by atoms with Gasteiger partial charge in [0.2, 0.25) is 0 Å². The second kappa shape index (κ2) is 12.5. The zero-order chi connectivity index (χ0) is 14.8. The molecule has 1 rings (SSSR count). The van der Waals surface area contributed by atoms with Crippen molar-refractivity contribution in [1.82, 2.24) is 20.4 Å². The molecule has 0 amide bonds. The number of halogens is 1. The summed E-state index contributed by atoms with van der Waals surface area (Å²) in [7, 11) is 0. The topological polar surface area (TPSA) is 42.9 Å². The largest absolute Gasteiger partial charge is 0.357 e. The van der Waals surface area contributed by atoms with Crippen molar-refractivity contribution >= 4 is 29.9 Å². The molecule has 0 aromatic heterocycles. The lowest BCUT2D eigenvalue weighted by Crippen LogP contribution is -2.47. The van der Waals surface area contributed by atoms with E-state index in [9.17, 15) is 0 Å². The van der Waals surface area contributed by atoms with Crippen molar-refractivity contribution in [3.8, 4) is 0 Å². The van der Waals surface area contributed by atoms with Gasteiger partial charge in [-0.1, -0.05) is 13.8 Å². The minimum absolute atomic E-state index is 0. The summed E-state index contributed by atoms with van der Waals surface area (Å²) in [5, 5.41) is 6.75. The third-order valence-corrected chi connectivity index (χ3v) is 3.94. The number of hydrogen-bond acceptors (Lipinski definition) is 3. The van der Waals surface area contributed by atoms with E-state index in [1.54, 1.807) is 0 Å². The van der Waals surface area contributed by atoms with Crippen molar-refractivity contribution in [2.75, 3.05) is 52.4 Å². The van der Waals surface area contributed by atoms with E-state index < -0.39 is 0 Å². The fourth-order valence-electron chi connectivity index (χ4n) is 2.29. The van der Waals surface area contributed by atoms with Crippen molar-refractivity contribution in [1.29, 1.82) is 0 Å². The summed E-state index contributed by atoms with van der Waals surface area (Å²) in [4.78, 5) is 9.70. The highest BCUT2D eigenvalue weighted by molar-refractivity contribution is 14.0. The molecule has 0 aromatic carbocycles. The number of hydrogen-bond donors (Lipinski definition) is 2. The predicted molar refractivity (Wildman–Crippen MR) is 103 cm³/mol. The van der Waals surface area contributed by atoms with Crippen molar-refractivity contribution in [3.05, 3.63) is 0 Å². The van der Waals surface area contributed by atoms with Crippen LogP contribution in [-0.2, 0) is 0 Å². The van der Waals surface area contributed by atoms with Gasteiger partial charge in [0, 0.05) is 45.3 Å². The summed E-state index contributed by atoms with van der Waals surface area (Å²) >= 11 is 0. The van der Waals surface area contributed by atoms with E-state index in [0.717, 1.165) is 32.0 Å². The summed E-state index contributed by atoms with van der Waals surface area (Å²) in [5.41, 5.74) is 0. The Morgan fingerprint density at radius 3 is 2.24 bits per heavy atom. The third-order valence-electron chi connectivity index (χ3n) is 3.94. The van der Waals surface area contributed by atoms with Crippen molar-refractivity contribution in [3.63, 3.8) is 0 Å². The molecule has 0 radical (unpaired) electrons. The Hall–Kier alpha value is -0.0800. The van der Waals surface area contributed by atoms with Gasteiger partial charge in [-0.3, -0.25) is 9.89 Å². The summed E-state index contributed by atoms with van der Waals surface area (Å²) in [6.45, 7) is 17.5. The first-order valence-electron chi connectivity index (χ1n) is 8.19. The molecule has 1 fully saturated rings. The van der Waals surface area contributed by atoms with E-state index >= 15 is 0 Å². The van der Waals surface area contributed by atoms with Crippen LogP contribution in [0.15, 0.2) is 4.99 Å². The lowest BCUT2D eigenvalue weighted by molar-refractivity contribution is 0.140. The van der Waals surface area contributed by atoms with Crippen LogP contribution in [0.4, 0.5) is 0 Å². The van der Waals surface area contributed by atoms with Gasteiger partial charge in [-0.05, 0) is 26.8 Å². The molecule has 0 aliphatic carbocycles. The standard InChI is InChI=1S/C15H33N5.HI/c1-5-14(4)18-15(16-6-2)17-8-9-20-12-10-19(7-3)11-13-20;/h14H,5-13H2,1-4H3,(H2,16,17,18);1H. The normalized spacial score (nSPS) is 19.0. The number of guanidine groups is 1. The maximum Gasteiger partial charge on any atom is 0.191 e. The van der Waals surface area contributed by atoms with Crippen LogP contribution >= 0.6 is 24.0 Å². The van der Waals surface area contributed by atoms with E-state index in [-0.39, 0.29) is 24.0 Å². The van der Waals surface area contributed by atoms with Crippen molar-refractivity contribution in [2.24, 2.45) is 4.99 Å². The van der Waals surface area contributed by atoms with Crippen molar-refractivity contribution in [2.45, 2.75) is 40.2 Å². The molecule has 0 bridgehead atoms. The molecule has 1 unspecified atom stereocenters. The molecule has 1 aliphatic heterocycles. The number of nitrogens with one attached hydrogen (secondary N) is 2. The quantitative estimate of drug-likeness (QED) is 0.380. The van der Waals surface area contributed by atoms with Crippen LogP contribution in [0, 0.1) is 0 Å². The first kappa shape index (κ1) is 20.9. The average Bonchev–Trinajstić information content (AvgIpc) is 2.48. The van der Waals surface area contributed by atoms with E-state index in [0.29, 0.717) is 6.04 Å². The smallest absolute Gasteiger partial charge is 0.191 e. The molecular formula is C15H34IN5. The van der Waals surface area contributed by atoms with E-state index in [1.165, 1.54) is 32.7 Å². The Morgan fingerprint density at radius 2 is 1.71 bits per heavy atom. The minimum atomic E-state index is 0. The Balaban J connectivity index is 0.00000400. The highest BCUT2D eigenvalue weighted by atomic mass is 127. The SMILES string of the molecule is CCNC(=NCCN1CCN(CC)CC1)NC(C)CC.I. The summed E-state index contributed by atoms with van der Waals surface area (Å²) in [6.07, 6.45) is 1.11. The highest BCUT2D eigenvalue weighted by Crippen LogP contribution is 2.00. The molecule has 2 N–H and O–H groups in total. The molecular weight excluding hydrogens is 377 g/mol. The van der Waals surface area contributed by atoms with Gasteiger partial charge >= 0.3 is 0 Å². The highest BCUT2D eigenvalue weighted by Gasteiger charge is 2.14. The third kappa shape index (κ3) is 8.83. The molecule has 0 saturated carbocycles. The summed E-state index contributed by atoms with van der Waals surface area (Å²) in [6, 6.07) is 0.473. The number of rotatable bonds is 7. The van der Waals surface area contributed by atoms with E-state index in [1.807, 2.05) is 0 Å². The van der Waals surface area contributed by atoms with Crippen LogP contribution in [0.2, 0.25) is 0 Å². The van der Waals surface area contributed by atoms with E-state index in [2.05, 4.69) is 53.1 Å².